The fourth-order valence-electron chi connectivity index (χ4n) is 1.54. The van der Waals surface area contributed by atoms with Gasteiger partial charge in [-0.05, 0) is 31.2 Å². The molecular formula is C13H14N2O2. The van der Waals surface area contributed by atoms with Crippen LogP contribution in [0.4, 0.5) is 0 Å². The van der Waals surface area contributed by atoms with E-state index in [9.17, 15) is 0 Å². The van der Waals surface area contributed by atoms with Gasteiger partial charge in [0.25, 0.3) is 0 Å². The summed E-state index contributed by atoms with van der Waals surface area (Å²) in [5.74, 6) is 1.35. The summed E-state index contributed by atoms with van der Waals surface area (Å²) in [6.45, 7) is 1.88. The average Bonchev–Trinajstić information content (AvgIpc) is 2.39. The molecule has 0 bridgehead atoms. The van der Waals surface area contributed by atoms with Crippen LogP contribution in [0.3, 0.4) is 0 Å². The molecule has 2 rings (SSSR count). The van der Waals surface area contributed by atoms with Gasteiger partial charge in [0.15, 0.2) is 0 Å². The lowest BCUT2D eigenvalue weighted by Gasteiger charge is -2.07. The monoisotopic (exact) mass is 230 g/mol. The van der Waals surface area contributed by atoms with Gasteiger partial charge in [-0.2, -0.15) is 0 Å². The molecule has 0 saturated carbocycles. The van der Waals surface area contributed by atoms with Crippen molar-refractivity contribution in [2.24, 2.45) is 0 Å². The van der Waals surface area contributed by atoms with Gasteiger partial charge in [-0.25, -0.2) is 9.97 Å². The van der Waals surface area contributed by atoms with Crippen LogP contribution < -0.4 is 9.47 Å². The maximum Gasteiger partial charge on any atom is 0.240 e. The van der Waals surface area contributed by atoms with Gasteiger partial charge in [0.2, 0.25) is 5.88 Å². The van der Waals surface area contributed by atoms with Crippen molar-refractivity contribution in [3.63, 3.8) is 0 Å². The highest BCUT2D eigenvalue weighted by atomic mass is 16.5. The minimum atomic E-state index is 0.537. The molecule has 88 valence electrons. The number of ether oxygens (including phenoxy) is 2. The Morgan fingerprint density at radius 3 is 2.29 bits per heavy atom. The van der Waals surface area contributed by atoms with Crippen molar-refractivity contribution in [1.29, 1.82) is 0 Å². The predicted octanol–water partition coefficient (Wildman–Crippen LogP) is 2.47. The van der Waals surface area contributed by atoms with Gasteiger partial charge in [-0.3, -0.25) is 0 Å². The highest BCUT2D eigenvalue weighted by molar-refractivity contribution is 5.64. The fraction of sp³-hybridized carbons (Fsp3) is 0.231. The second-order valence-electron chi connectivity index (χ2n) is 3.60. The van der Waals surface area contributed by atoms with Gasteiger partial charge >= 0.3 is 0 Å². The Balaban J connectivity index is 2.44. The fourth-order valence-corrected chi connectivity index (χ4v) is 1.54. The molecule has 0 N–H and O–H groups in total. The zero-order chi connectivity index (χ0) is 12.3. The van der Waals surface area contributed by atoms with Gasteiger partial charge in [0, 0.05) is 11.8 Å². The number of hydrogen-bond donors (Lipinski definition) is 0. The highest BCUT2D eigenvalue weighted by Gasteiger charge is 2.09. The summed E-state index contributed by atoms with van der Waals surface area (Å²) in [6.07, 6.45) is 1.72. The maximum atomic E-state index is 5.23. The van der Waals surface area contributed by atoms with Crippen LogP contribution in [0.15, 0.2) is 30.5 Å². The molecule has 0 aliphatic carbocycles. The number of rotatable bonds is 3. The van der Waals surface area contributed by atoms with Crippen molar-refractivity contribution in [2.75, 3.05) is 14.2 Å². The summed E-state index contributed by atoms with van der Waals surface area (Å²) < 4.78 is 10.3. The van der Waals surface area contributed by atoms with Crippen LogP contribution in [0.2, 0.25) is 0 Å². The molecule has 0 fully saturated rings. The minimum Gasteiger partial charge on any atom is -0.497 e. The average molecular weight is 230 g/mol. The van der Waals surface area contributed by atoms with Crippen molar-refractivity contribution in [3.05, 3.63) is 36.2 Å². The Morgan fingerprint density at radius 1 is 1.00 bits per heavy atom. The van der Waals surface area contributed by atoms with Crippen molar-refractivity contribution < 1.29 is 9.47 Å². The largest absolute Gasteiger partial charge is 0.497 e. The van der Waals surface area contributed by atoms with Crippen LogP contribution in [0.5, 0.6) is 11.6 Å². The second-order valence-corrected chi connectivity index (χ2v) is 3.60. The molecule has 1 aromatic carbocycles. The topological polar surface area (TPSA) is 44.2 Å². The lowest BCUT2D eigenvalue weighted by molar-refractivity contribution is 0.396. The van der Waals surface area contributed by atoms with Gasteiger partial charge in [0.05, 0.1) is 19.9 Å². The molecule has 4 heteroatoms. The first-order chi connectivity index (χ1) is 8.24. The van der Waals surface area contributed by atoms with Crippen molar-refractivity contribution in [1.82, 2.24) is 9.97 Å². The molecule has 0 aliphatic rings. The van der Waals surface area contributed by atoms with E-state index < -0.39 is 0 Å². The van der Waals surface area contributed by atoms with Crippen LogP contribution >= 0.6 is 0 Å². The number of methoxy groups -OCH3 is 2. The Bertz CT molecular complexity index is 509. The van der Waals surface area contributed by atoms with Crippen LogP contribution in [0, 0.1) is 6.92 Å². The van der Waals surface area contributed by atoms with E-state index in [-0.39, 0.29) is 0 Å². The standard InChI is InChI=1S/C13H14N2O2/c1-9-8-14-12(13(15-9)17-3)10-4-6-11(16-2)7-5-10/h4-8H,1-3H3. The lowest BCUT2D eigenvalue weighted by Crippen LogP contribution is -1.96. The zero-order valence-electron chi connectivity index (χ0n) is 10.1. The Hall–Kier alpha value is -2.10. The smallest absolute Gasteiger partial charge is 0.240 e. The number of hydrogen-bond acceptors (Lipinski definition) is 4. The molecule has 0 aliphatic heterocycles. The third kappa shape index (κ3) is 2.36. The lowest BCUT2D eigenvalue weighted by atomic mass is 10.1. The Morgan fingerprint density at radius 2 is 1.71 bits per heavy atom. The van der Waals surface area contributed by atoms with Crippen LogP contribution in [0.1, 0.15) is 5.69 Å². The molecule has 2 aromatic rings. The molecule has 0 unspecified atom stereocenters. The first-order valence-electron chi connectivity index (χ1n) is 5.26. The normalized spacial score (nSPS) is 10.1. The van der Waals surface area contributed by atoms with Gasteiger partial charge in [-0.1, -0.05) is 0 Å². The van der Waals surface area contributed by atoms with Crippen LogP contribution in [-0.2, 0) is 0 Å². The van der Waals surface area contributed by atoms with E-state index in [1.807, 2.05) is 31.2 Å². The van der Waals surface area contributed by atoms with Crippen LogP contribution in [-0.4, -0.2) is 24.2 Å². The first kappa shape index (κ1) is 11.4. The summed E-state index contributed by atoms with van der Waals surface area (Å²) >= 11 is 0. The molecule has 17 heavy (non-hydrogen) atoms. The van der Waals surface area contributed by atoms with E-state index in [1.165, 1.54) is 0 Å². The van der Waals surface area contributed by atoms with E-state index in [0.717, 1.165) is 22.7 Å². The molecule has 0 saturated heterocycles. The molecule has 4 nitrogen and oxygen atoms in total. The number of nitrogens with zero attached hydrogens (tertiary/aromatic N) is 2. The summed E-state index contributed by atoms with van der Waals surface area (Å²) in [4.78, 5) is 8.64. The van der Waals surface area contributed by atoms with E-state index in [2.05, 4.69) is 9.97 Å². The highest BCUT2D eigenvalue weighted by Crippen LogP contribution is 2.27. The summed E-state index contributed by atoms with van der Waals surface area (Å²) in [5, 5.41) is 0. The Labute approximate surface area is 100 Å². The SMILES string of the molecule is COc1ccc(-c2ncc(C)nc2OC)cc1. The number of aromatic nitrogens is 2. The predicted molar refractivity (Wildman–Crippen MR) is 65.3 cm³/mol. The molecular weight excluding hydrogens is 216 g/mol. The third-order valence-corrected chi connectivity index (χ3v) is 2.42. The van der Waals surface area contributed by atoms with Crippen LogP contribution in [0.25, 0.3) is 11.3 Å². The summed E-state index contributed by atoms with van der Waals surface area (Å²) in [7, 11) is 3.23. The Kier molecular flexibility index (Phi) is 3.23. The summed E-state index contributed by atoms with van der Waals surface area (Å²) in [5.41, 5.74) is 2.52. The van der Waals surface area contributed by atoms with E-state index in [4.69, 9.17) is 9.47 Å². The number of aryl methyl sites for hydroxylation is 1. The van der Waals surface area contributed by atoms with Gasteiger partial charge in [-0.15, -0.1) is 0 Å². The zero-order valence-corrected chi connectivity index (χ0v) is 10.1. The molecule has 0 atom stereocenters. The molecule has 1 heterocycles. The third-order valence-electron chi connectivity index (χ3n) is 2.42. The van der Waals surface area contributed by atoms with Crippen molar-refractivity contribution >= 4 is 0 Å². The van der Waals surface area contributed by atoms with Gasteiger partial charge < -0.3 is 9.47 Å². The maximum absolute atomic E-state index is 5.23. The van der Waals surface area contributed by atoms with Crippen molar-refractivity contribution in [2.45, 2.75) is 6.92 Å². The van der Waals surface area contributed by atoms with Gasteiger partial charge in [0.1, 0.15) is 11.4 Å². The molecule has 1 aromatic heterocycles. The van der Waals surface area contributed by atoms with Crippen molar-refractivity contribution in [3.8, 4) is 22.9 Å². The summed E-state index contributed by atoms with van der Waals surface area (Å²) in [6, 6.07) is 7.63. The first-order valence-corrected chi connectivity index (χ1v) is 5.26. The molecule has 0 amide bonds. The van der Waals surface area contributed by atoms with E-state index >= 15 is 0 Å². The minimum absolute atomic E-state index is 0.537. The second kappa shape index (κ2) is 4.82. The molecule has 0 spiro atoms. The molecule has 0 radical (unpaired) electrons. The quantitative estimate of drug-likeness (QED) is 0.812. The van der Waals surface area contributed by atoms with E-state index in [1.54, 1.807) is 20.4 Å². The van der Waals surface area contributed by atoms with E-state index in [0.29, 0.717) is 5.88 Å². The number of benzene rings is 1.